The van der Waals surface area contributed by atoms with Gasteiger partial charge in [-0.15, -0.1) is 0 Å². The number of esters is 1. The first-order valence-corrected chi connectivity index (χ1v) is 8.90. The number of carbonyl (C=O) groups is 3. The second kappa shape index (κ2) is 13.0. The maximum absolute atomic E-state index is 11.8. The highest BCUT2D eigenvalue weighted by molar-refractivity contribution is 5.78. The molecule has 0 aliphatic rings. The molecular formula is C17H32N4O5. The highest BCUT2D eigenvalue weighted by Crippen LogP contribution is 2.07. The van der Waals surface area contributed by atoms with Crippen molar-refractivity contribution < 1.29 is 23.9 Å². The summed E-state index contributed by atoms with van der Waals surface area (Å²) in [7, 11) is 0. The minimum absolute atomic E-state index is 0.0876. The first-order chi connectivity index (χ1) is 12.2. The minimum atomic E-state index is -0.590. The average Bonchev–Trinajstić information content (AvgIpc) is 2.50. The van der Waals surface area contributed by atoms with E-state index in [1.54, 1.807) is 27.7 Å². The number of urea groups is 1. The molecule has 26 heavy (non-hydrogen) atoms. The lowest BCUT2D eigenvalue weighted by Crippen LogP contribution is -2.41. The first-order valence-electron chi connectivity index (χ1n) is 8.90. The van der Waals surface area contributed by atoms with Gasteiger partial charge in [0, 0.05) is 12.8 Å². The molecule has 0 aromatic heterocycles. The Hall–Kier alpha value is -2.32. The lowest BCUT2D eigenvalue weighted by Gasteiger charge is -2.22. The fourth-order valence-corrected chi connectivity index (χ4v) is 1.80. The Kier molecular flexibility index (Phi) is 11.8. The van der Waals surface area contributed by atoms with Crippen LogP contribution in [-0.4, -0.2) is 49.1 Å². The lowest BCUT2D eigenvalue weighted by molar-refractivity contribution is -0.142. The Morgan fingerprint density at radius 3 is 2.46 bits per heavy atom. The molecule has 150 valence electrons. The zero-order valence-corrected chi connectivity index (χ0v) is 16.4. The van der Waals surface area contributed by atoms with Crippen molar-refractivity contribution in [3.63, 3.8) is 0 Å². The van der Waals surface area contributed by atoms with Gasteiger partial charge >= 0.3 is 18.1 Å². The number of amides is 3. The molecule has 3 N–H and O–H groups in total. The fraction of sp³-hybridized carbons (Fsp3) is 0.765. The van der Waals surface area contributed by atoms with Crippen molar-refractivity contribution in [2.75, 3.05) is 13.2 Å². The second-order valence-corrected chi connectivity index (χ2v) is 6.60. The first kappa shape index (κ1) is 23.7. The molecule has 0 fully saturated rings. The number of hydrogen-bond donors (Lipinski definition) is 3. The van der Waals surface area contributed by atoms with Gasteiger partial charge in [0.15, 0.2) is 0 Å². The van der Waals surface area contributed by atoms with E-state index in [0.717, 1.165) is 12.8 Å². The van der Waals surface area contributed by atoms with Gasteiger partial charge in [0.1, 0.15) is 5.60 Å². The van der Waals surface area contributed by atoms with Crippen molar-refractivity contribution in [2.24, 2.45) is 5.10 Å². The molecule has 0 aromatic rings. The van der Waals surface area contributed by atoms with Crippen molar-refractivity contribution >= 4 is 24.3 Å². The van der Waals surface area contributed by atoms with Crippen LogP contribution in [-0.2, 0) is 14.3 Å². The molecule has 0 aliphatic carbocycles. The van der Waals surface area contributed by atoms with Crippen LogP contribution in [0.3, 0.4) is 0 Å². The topological polar surface area (TPSA) is 118 Å². The summed E-state index contributed by atoms with van der Waals surface area (Å²) < 4.78 is 9.97. The van der Waals surface area contributed by atoms with Crippen molar-refractivity contribution in [2.45, 2.75) is 71.9 Å². The van der Waals surface area contributed by atoms with Crippen LogP contribution in [0.1, 0.15) is 60.3 Å². The zero-order valence-electron chi connectivity index (χ0n) is 16.4. The van der Waals surface area contributed by atoms with Crippen molar-refractivity contribution in [1.82, 2.24) is 16.1 Å². The van der Waals surface area contributed by atoms with E-state index in [2.05, 4.69) is 21.2 Å². The van der Waals surface area contributed by atoms with Gasteiger partial charge in [-0.1, -0.05) is 19.8 Å². The summed E-state index contributed by atoms with van der Waals surface area (Å²) in [5.41, 5.74) is 1.70. The van der Waals surface area contributed by atoms with Gasteiger partial charge in [-0.3, -0.25) is 4.79 Å². The van der Waals surface area contributed by atoms with Crippen molar-refractivity contribution in [3.8, 4) is 0 Å². The van der Waals surface area contributed by atoms with Gasteiger partial charge < -0.3 is 20.1 Å². The second-order valence-electron chi connectivity index (χ2n) is 6.60. The molecule has 0 radical (unpaired) electrons. The normalized spacial score (nSPS) is 12.3. The summed E-state index contributed by atoms with van der Waals surface area (Å²) in [6.45, 7) is 9.55. The van der Waals surface area contributed by atoms with Crippen LogP contribution in [0.2, 0.25) is 0 Å². The number of nitrogens with one attached hydrogen (secondary N) is 3. The number of nitrogens with zero attached hydrogens (tertiary/aromatic N) is 1. The van der Waals surface area contributed by atoms with Crippen LogP contribution in [0, 0.1) is 0 Å². The standard InChI is InChI=1S/C17H32N4O5/c1-6-8-9-13(20-16(24)26-17(3,4)5)12-19-21-15(23)18-11-10-14(22)25-7-2/h12-13H,6-11H2,1-5H3,(H,20,24)(H2,18,21,23)/b19-12+/t13-/m0/s1. The van der Waals surface area contributed by atoms with Gasteiger partial charge in [-0.2, -0.15) is 5.10 Å². The van der Waals surface area contributed by atoms with Gasteiger partial charge in [-0.25, -0.2) is 15.0 Å². The molecule has 3 amide bonds. The number of hydrogen-bond acceptors (Lipinski definition) is 6. The summed E-state index contributed by atoms with van der Waals surface area (Å²) in [4.78, 5) is 34.6. The molecule has 0 aliphatic heterocycles. The highest BCUT2D eigenvalue weighted by Gasteiger charge is 2.18. The van der Waals surface area contributed by atoms with E-state index in [-0.39, 0.29) is 25.0 Å². The van der Waals surface area contributed by atoms with E-state index >= 15 is 0 Å². The van der Waals surface area contributed by atoms with Crippen LogP contribution < -0.4 is 16.1 Å². The van der Waals surface area contributed by atoms with Gasteiger partial charge in [0.25, 0.3) is 0 Å². The number of rotatable bonds is 10. The van der Waals surface area contributed by atoms with Crippen LogP contribution in [0.25, 0.3) is 0 Å². The molecule has 9 nitrogen and oxygen atoms in total. The Labute approximate surface area is 155 Å². The molecule has 9 heteroatoms. The van der Waals surface area contributed by atoms with Gasteiger partial charge in [-0.05, 0) is 34.1 Å². The van der Waals surface area contributed by atoms with Crippen molar-refractivity contribution in [1.29, 1.82) is 0 Å². The van der Waals surface area contributed by atoms with E-state index in [4.69, 9.17) is 9.47 Å². The highest BCUT2D eigenvalue weighted by atomic mass is 16.6. The maximum atomic E-state index is 11.8. The van der Waals surface area contributed by atoms with E-state index in [1.807, 2.05) is 6.92 Å². The molecular weight excluding hydrogens is 340 g/mol. The largest absolute Gasteiger partial charge is 0.466 e. The summed E-state index contributed by atoms with van der Waals surface area (Å²) in [6.07, 6.45) is 3.52. The summed E-state index contributed by atoms with van der Waals surface area (Å²) in [6, 6.07) is -0.901. The Morgan fingerprint density at radius 2 is 1.88 bits per heavy atom. The molecule has 0 saturated heterocycles. The number of ether oxygens (including phenoxy) is 2. The van der Waals surface area contributed by atoms with Crippen LogP contribution >= 0.6 is 0 Å². The number of hydrazone groups is 1. The molecule has 0 rings (SSSR count). The molecule has 0 saturated carbocycles. The molecule has 0 bridgehead atoms. The number of carbonyl (C=O) groups excluding carboxylic acids is 3. The molecule has 0 aromatic carbocycles. The average molecular weight is 372 g/mol. The Bertz CT molecular complexity index is 474. The summed E-state index contributed by atoms with van der Waals surface area (Å²) >= 11 is 0. The number of alkyl carbamates (subject to hydrolysis) is 1. The van der Waals surface area contributed by atoms with Crippen molar-refractivity contribution in [3.05, 3.63) is 0 Å². The third kappa shape index (κ3) is 14.1. The number of unbranched alkanes of at least 4 members (excludes halogenated alkanes) is 1. The van der Waals surface area contributed by atoms with E-state index < -0.39 is 17.7 Å². The quantitative estimate of drug-likeness (QED) is 0.309. The van der Waals surface area contributed by atoms with E-state index in [0.29, 0.717) is 13.0 Å². The van der Waals surface area contributed by atoms with Gasteiger partial charge in [0.05, 0.1) is 19.1 Å². The molecule has 1 atom stereocenters. The van der Waals surface area contributed by atoms with Crippen LogP contribution in [0.5, 0.6) is 0 Å². The predicted molar refractivity (Wildman–Crippen MR) is 99.0 cm³/mol. The Morgan fingerprint density at radius 1 is 1.19 bits per heavy atom. The molecule has 0 spiro atoms. The minimum Gasteiger partial charge on any atom is -0.466 e. The smallest absolute Gasteiger partial charge is 0.408 e. The fourth-order valence-electron chi connectivity index (χ4n) is 1.80. The predicted octanol–water partition coefficient (Wildman–Crippen LogP) is 2.31. The lowest BCUT2D eigenvalue weighted by atomic mass is 10.1. The zero-order chi connectivity index (χ0) is 20.0. The summed E-state index contributed by atoms with van der Waals surface area (Å²) in [5, 5.41) is 9.03. The third-order valence-electron chi connectivity index (χ3n) is 2.91. The SMILES string of the molecule is CCCC[C@@H](/C=N/NC(=O)NCCC(=O)OCC)NC(=O)OC(C)(C)C. The monoisotopic (exact) mass is 372 g/mol. The Balaban J connectivity index is 4.32. The molecule has 0 unspecified atom stereocenters. The third-order valence-corrected chi connectivity index (χ3v) is 2.91. The van der Waals surface area contributed by atoms with Crippen LogP contribution in [0.4, 0.5) is 9.59 Å². The van der Waals surface area contributed by atoms with Gasteiger partial charge in [0.2, 0.25) is 0 Å². The maximum Gasteiger partial charge on any atom is 0.408 e. The van der Waals surface area contributed by atoms with Crippen LogP contribution in [0.15, 0.2) is 5.10 Å². The van der Waals surface area contributed by atoms with E-state index in [9.17, 15) is 14.4 Å². The summed E-state index contributed by atoms with van der Waals surface area (Å²) in [5.74, 6) is -0.377. The van der Waals surface area contributed by atoms with E-state index in [1.165, 1.54) is 6.21 Å². The molecule has 0 heterocycles.